The zero-order valence-corrected chi connectivity index (χ0v) is 18.8. The summed E-state index contributed by atoms with van der Waals surface area (Å²) in [6.07, 6.45) is 3.89. The molecule has 4 N–H and O–H groups in total. The Bertz CT molecular complexity index is 1570. The maximum absolute atomic E-state index is 13.6. The maximum atomic E-state index is 13.6. The van der Waals surface area contributed by atoms with Crippen LogP contribution in [0.1, 0.15) is 28.8 Å². The molecule has 1 saturated carbocycles. The molecular weight excluding hydrogens is 443 g/mol. The third kappa shape index (κ3) is 4.14. The molecule has 7 nitrogen and oxygen atoms in total. The molecule has 1 fully saturated rings. The van der Waals surface area contributed by atoms with Gasteiger partial charge in [0.25, 0.3) is 5.91 Å². The number of anilines is 2. The molecule has 0 spiro atoms. The summed E-state index contributed by atoms with van der Waals surface area (Å²) in [6.45, 7) is 0.390. The second kappa shape index (κ2) is 8.39. The zero-order chi connectivity index (χ0) is 23.9. The highest BCUT2D eigenvalue weighted by molar-refractivity contribution is 5.95. The minimum absolute atomic E-state index is 0.0499. The van der Waals surface area contributed by atoms with E-state index in [0.29, 0.717) is 40.8 Å². The SMILES string of the molecule is Nc1ccc2c(c1)nc(NCc1cccc(F)c1)c1ncc(-c3ccc(C(=O)NC4CC4)cc3)n12. The van der Waals surface area contributed by atoms with E-state index in [9.17, 15) is 9.18 Å². The monoisotopic (exact) mass is 466 g/mol. The van der Waals surface area contributed by atoms with E-state index in [4.69, 9.17) is 10.7 Å². The van der Waals surface area contributed by atoms with Crippen molar-refractivity contribution in [2.75, 3.05) is 11.1 Å². The Hall–Kier alpha value is -4.46. The van der Waals surface area contributed by atoms with E-state index < -0.39 is 0 Å². The summed E-state index contributed by atoms with van der Waals surface area (Å²) >= 11 is 0. The van der Waals surface area contributed by atoms with Crippen molar-refractivity contribution in [2.24, 2.45) is 0 Å². The highest BCUT2D eigenvalue weighted by atomic mass is 19.1. The molecule has 1 aliphatic rings. The Morgan fingerprint density at radius 1 is 1.09 bits per heavy atom. The standard InChI is InChI=1S/C27H23FN6O/c28-19-3-1-2-16(12-19)14-30-25-26-31-15-24(34(26)23-11-8-20(29)13-22(23)33-25)17-4-6-18(7-5-17)27(35)32-21-9-10-21/h1-8,11-13,15,21H,9-10,14,29H2,(H,30,33)(H,32,35). The maximum Gasteiger partial charge on any atom is 0.251 e. The Morgan fingerprint density at radius 2 is 1.91 bits per heavy atom. The lowest BCUT2D eigenvalue weighted by atomic mass is 10.1. The minimum Gasteiger partial charge on any atom is -0.399 e. The van der Waals surface area contributed by atoms with Crippen LogP contribution >= 0.6 is 0 Å². The average molecular weight is 467 g/mol. The van der Waals surface area contributed by atoms with Crippen molar-refractivity contribution >= 4 is 34.1 Å². The van der Waals surface area contributed by atoms with Gasteiger partial charge in [-0.1, -0.05) is 24.3 Å². The summed E-state index contributed by atoms with van der Waals surface area (Å²) < 4.78 is 15.7. The van der Waals surface area contributed by atoms with E-state index in [2.05, 4.69) is 15.6 Å². The van der Waals surface area contributed by atoms with Crippen LogP contribution in [0.2, 0.25) is 0 Å². The first-order valence-corrected chi connectivity index (χ1v) is 11.5. The Morgan fingerprint density at radius 3 is 2.69 bits per heavy atom. The van der Waals surface area contributed by atoms with Gasteiger partial charge in [0.2, 0.25) is 0 Å². The largest absolute Gasteiger partial charge is 0.399 e. The van der Waals surface area contributed by atoms with E-state index in [-0.39, 0.29) is 11.7 Å². The van der Waals surface area contributed by atoms with Crippen LogP contribution in [0.15, 0.2) is 72.9 Å². The number of carbonyl (C=O) groups is 1. The van der Waals surface area contributed by atoms with Gasteiger partial charge in [-0.05, 0) is 60.9 Å². The van der Waals surface area contributed by atoms with Crippen LogP contribution in [-0.2, 0) is 6.54 Å². The third-order valence-corrected chi connectivity index (χ3v) is 6.15. The molecule has 2 aromatic heterocycles. The van der Waals surface area contributed by atoms with Crippen molar-refractivity contribution in [3.05, 3.63) is 89.9 Å². The number of nitrogens with zero attached hydrogens (tertiary/aromatic N) is 3. The lowest BCUT2D eigenvalue weighted by Crippen LogP contribution is -2.25. The molecule has 0 aliphatic heterocycles. The summed E-state index contributed by atoms with van der Waals surface area (Å²) in [7, 11) is 0. The van der Waals surface area contributed by atoms with E-state index in [1.807, 2.05) is 52.9 Å². The first-order valence-electron chi connectivity index (χ1n) is 11.5. The quantitative estimate of drug-likeness (QED) is 0.313. The second-order valence-electron chi connectivity index (χ2n) is 8.82. The van der Waals surface area contributed by atoms with E-state index in [1.165, 1.54) is 12.1 Å². The van der Waals surface area contributed by atoms with Gasteiger partial charge in [0.15, 0.2) is 11.5 Å². The minimum atomic E-state index is -0.286. The second-order valence-corrected chi connectivity index (χ2v) is 8.82. The van der Waals surface area contributed by atoms with Crippen LogP contribution < -0.4 is 16.4 Å². The predicted octanol–water partition coefficient (Wildman–Crippen LogP) is 4.78. The van der Waals surface area contributed by atoms with Crippen LogP contribution in [0.5, 0.6) is 0 Å². The number of hydrogen-bond acceptors (Lipinski definition) is 5. The number of hydrogen-bond donors (Lipinski definition) is 3. The summed E-state index contributed by atoms with van der Waals surface area (Å²) in [5.74, 6) is 0.233. The van der Waals surface area contributed by atoms with Gasteiger partial charge < -0.3 is 16.4 Å². The number of carbonyl (C=O) groups excluding carboxylic acids is 1. The summed E-state index contributed by atoms with van der Waals surface area (Å²) in [5.41, 5.74) is 12.1. The fourth-order valence-electron chi connectivity index (χ4n) is 4.20. The topological polar surface area (TPSA) is 97.3 Å². The number of nitrogen functional groups attached to an aromatic ring is 1. The van der Waals surface area contributed by atoms with Crippen LogP contribution in [0, 0.1) is 5.82 Å². The molecule has 0 radical (unpaired) electrons. The number of rotatable bonds is 6. The molecule has 0 unspecified atom stereocenters. The van der Waals surface area contributed by atoms with Gasteiger partial charge in [-0.25, -0.2) is 14.4 Å². The Labute approximate surface area is 200 Å². The molecule has 35 heavy (non-hydrogen) atoms. The Balaban J connectivity index is 1.41. The number of fused-ring (bicyclic) bond motifs is 3. The molecule has 6 rings (SSSR count). The van der Waals surface area contributed by atoms with Crippen LogP contribution in [-0.4, -0.2) is 26.3 Å². The summed E-state index contributed by atoms with van der Waals surface area (Å²) in [5, 5.41) is 6.31. The third-order valence-electron chi connectivity index (χ3n) is 6.15. The van der Waals surface area contributed by atoms with Gasteiger partial charge in [-0.15, -0.1) is 0 Å². The van der Waals surface area contributed by atoms with Crippen molar-refractivity contribution < 1.29 is 9.18 Å². The van der Waals surface area contributed by atoms with Gasteiger partial charge in [-0.3, -0.25) is 9.20 Å². The molecule has 8 heteroatoms. The highest BCUT2D eigenvalue weighted by Crippen LogP contribution is 2.30. The van der Waals surface area contributed by atoms with Gasteiger partial charge in [0.05, 0.1) is 22.9 Å². The van der Waals surface area contributed by atoms with Crippen molar-refractivity contribution in [1.82, 2.24) is 19.7 Å². The molecule has 0 atom stereocenters. The number of amides is 1. The number of halogens is 1. The molecule has 3 aromatic carbocycles. The first kappa shape index (κ1) is 21.1. The Kier molecular flexibility index (Phi) is 5.06. The number of nitrogens with one attached hydrogen (secondary N) is 2. The van der Waals surface area contributed by atoms with Crippen molar-refractivity contribution in [3.8, 4) is 11.3 Å². The lowest BCUT2D eigenvalue weighted by molar-refractivity contribution is 0.0951. The van der Waals surface area contributed by atoms with Crippen LogP contribution in [0.3, 0.4) is 0 Å². The van der Waals surface area contributed by atoms with Gasteiger partial charge in [0, 0.05) is 29.4 Å². The van der Waals surface area contributed by atoms with Gasteiger partial charge >= 0.3 is 0 Å². The predicted molar refractivity (Wildman–Crippen MR) is 135 cm³/mol. The molecule has 0 saturated heterocycles. The van der Waals surface area contributed by atoms with Gasteiger partial charge in [0.1, 0.15) is 5.82 Å². The average Bonchev–Trinajstić information content (AvgIpc) is 3.56. The van der Waals surface area contributed by atoms with Crippen molar-refractivity contribution in [1.29, 1.82) is 0 Å². The van der Waals surface area contributed by atoms with E-state index in [1.54, 1.807) is 12.3 Å². The number of benzene rings is 3. The zero-order valence-electron chi connectivity index (χ0n) is 18.8. The highest BCUT2D eigenvalue weighted by Gasteiger charge is 2.24. The molecule has 174 valence electrons. The molecule has 1 aliphatic carbocycles. The molecular formula is C27H23FN6O. The first-order chi connectivity index (χ1) is 17.0. The van der Waals surface area contributed by atoms with Crippen molar-refractivity contribution in [2.45, 2.75) is 25.4 Å². The van der Waals surface area contributed by atoms with Crippen LogP contribution in [0.25, 0.3) is 27.9 Å². The van der Waals surface area contributed by atoms with E-state index >= 15 is 0 Å². The number of aromatic nitrogens is 3. The normalized spacial score (nSPS) is 13.3. The molecule has 2 heterocycles. The summed E-state index contributed by atoms with van der Waals surface area (Å²) in [4.78, 5) is 21.8. The smallest absolute Gasteiger partial charge is 0.251 e. The van der Waals surface area contributed by atoms with Crippen LogP contribution in [0.4, 0.5) is 15.9 Å². The molecule has 5 aromatic rings. The van der Waals surface area contributed by atoms with Crippen molar-refractivity contribution in [3.63, 3.8) is 0 Å². The fraction of sp³-hybridized carbons (Fsp3) is 0.148. The number of imidazole rings is 1. The molecule has 1 amide bonds. The number of nitrogens with two attached hydrogens (primary N) is 1. The fourth-order valence-corrected chi connectivity index (χ4v) is 4.20. The summed E-state index contributed by atoms with van der Waals surface area (Å²) in [6, 6.07) is 19.8. The molecule has 0 bridgehead atoms. The lowest BCUT2D eigenvalue weighted by Gasteiger charge is -2.12. The van der Waals surface area contributed by atoms with Gasteiger partial charge in [-0.2, -0.15) is 0 Å². The van der Waals surface area contributed by atoms with E-state index in [0.717, 1.165) is 35.2 Å².